The first kappa shape index (κ1) is 15.3. The van der Waals surface area contributed by atoms with Gasteiger partial charge in [-0.25, -0.2) is 0 Å². The molecule has 3 heteroatoms. The SMILES string of the molecule is CCC1CCC(C)N1CCC1CCCC1(C#N)NC1CC1. The largest absolute Gasteiger partial charge is 0.298 e. The van der Waals surface area contributed by atoms with Crippen molar-refractivity contribution in [2.75, 3.05) is 6.54 Å². The van der Waals surface area contributed by atoms with Crippen molar-refractivity contribution in [1.29, 1.82) is 5.26 Å². The first-order chi connectivity index (χ1) is 10.2. The highest BCUT2D eigenvalue weighted by atomic mass is 15.2. The molecule has 1 N–H and O–H groups in total. The maximum absolute atomic E-state index is 9.78. The lowest BCUT2D eigenvalue weighted by Crippen LogP contribution is -2.49. The third-order valence-electron chi connectivity index (χ3n) is 6.22. The molecule has 0 spiro atoms. The summed E-state index contributed by atoms with van der Waals surface area (Å²) >= 11 is 0. The molecule has 3 rings (SSSR count). The Hall–Kier alpha value is -0.590. The zero-order valence-corrected chi connectivity index (χ0v) is 13.8. The summed E-state index contributed by atoms with van der Waals surface area (Å²) < 4.78 is 0. The molecule has 2 saturated carbocycles. The maximum Gasteiger partial charge on any atom is 0.109 e. The van der Waals surface area contributed by atoms with Gasteiger partial charge in [-0.3, -0.25) is 10.2 Å². The van der Waals surface area contributed by atoms with Gasteiger partial charge in [0.1, 0.15) is 5.54 Å². The number of nitrogens with one attached hydrogen (secondary N) is 1. The lowest BCUT2D eigenvalue weighted by molar-refractivity contribution is 0.171. The monoisotopic (exact) mass is 289 g/mol. The second kappa shape index (κ2) is 6.26. The number of likely N-dealkylation sites (tertiary alicyclic amines) is 1. The van der Waals surface area contributed by atoms with Crippen LogP contribution in [-0.4, -0.2) is 35.1 Å². The van der Waals surface area contributed by atoms with E-state index in [0.29, 0.717) is 12.0 Å². The summed E-state index contributed by atoms with van der Waals surface area (Å²) in [6, 6.07) is 4.85. The number of hydrogen-bond donors (Lipinski definition) is 1. The molecule has 1 saturated heterocycles. The molecule has 3 aliphatic rings. The Morgan fingerprint density at radius 3 is 2.71 bits per heavy atom. The van der Waals surface area contributed by atoms with E-state index in [0.717, 1.165) is 18.5 Å². The van der Waals surface area contributed by atoms with Crippen molar-refractivity contribution in [3.05, 3.63) is 0 Å². The quantitative estimate of drug-likeness (QED) is 0.814. The number of rotatable bonds is 6. The predicted molar refractivity (Wildman–Crippen MR) is 85.9 cm³/mol. The average Bonchev–Trinajstić information content (AvgIpc) is 3.10. The van der Waals surface area contributed by atoms with E-state index < -0.39 is 0 Å². The van der Waals surface area contributed by atoms with Crippen LogP contribution in [0.2, 0.25) is 0 Å². The van der Waals surface area contributed by atoms with Crippen molar-refractivity contribution in [2.45, 2.75) is 95.3 Å². The summed E-state index contributed by atoms with van der Waals surface area (Å²) in [4.78, 5) is 2.72. The van der Waals surface area contributed by atoms with E-state index in [1.54, 1.807) is 0 Å². The molecule has 4 unspecified atom stereocenters. The lowest BCUT2D eigenvalue weighted by atomic mass is 9.85. The molecule has 3 nitrogen and oxygen atoms in total. The van der Waals surface area contributed by atoms with E-state index in [1.807, 2.05) is 0 Å². The molecule has 0 bridgehead atoms. The molecule has 0 amide bonds. The predicted octanol–water partition coefficient (Wildman–Crippen LogP) is 3.45. The van der Waals surface area contributed by atoms with Crippen molar-refractivity contribution in [2.24, 2.45) is 5.92 Å². The van der Waals surface area contributed by atoms with Gasteiger partial charge in [-0.15, -0.1) is 0 Å². The van der Waals surface area contributed by atoms with Crippen LogP contribution in [0.1, 0.15) is 71.6 Å². The van der Waals surface area contributed by atoms with Gasteiger partial charge in [-0.05, 0) is 70.8 Å². The smallest absolute Gasteiger partial charge is 0.109 e. The molecule has 3 fully saturated rings. The highest BCUT2D eigenvalue weighted by Crippen LogP contribution is 2.40. The van der Waals surface area contributed by atoms with Crippen LogP contribution >= 0.6 is 0 Å². The summed E-state index contributed by atoms with van der Waals surface area (Å²) in [5.41, 5.74) is -0.203. The van der Waals surface area contributed by atoms with Gasteiger partial charge in [0, 0.05) is 18.1 Å². The van der Waals surface area contributed by atoms with Gasteiger partial charge in [0.2, 0.25) is 0 Å². The summed E-state index contributed by atoms with van der Waals surface area (Å²) in [7, 11) is 0. The van der Waals surface area contributed by atoms with Crippen LogP contribution in [0.3, 0.4) is 0 Å². The van der Waals surface area contributed by atoms with E-state index in [1.165, 1.54) is 57.9 Å². The Kier molecular flexibility index (Phi) is 4.57. The van der Waals surface area contributed by atoms with E-state index in [-0.39, 0.29) is 5.54 Å². The van der Waals surface area contributed by atoms with Gasteiger partial charge in [-0.2, -0.15) is 5.26 Å². The minimum Gasteiger partial charge on any atom is -0.298 e. The van der Waals surface area contributed by atoms with Gasteiger partial charge in [-0.1, -0.05) is 13.3 Å². The Labute approximate surface area is 130 Å². The minimum absolute atomic E-state index is 0.203. The first-order valence-electron chi connectivity index (χ1n) is 9.13. The Morgan fingerprint density at radius 1 is 1.24 bits per heavy atom. The number of nitriles is 1. The van der Waals surface area contributed by atoms with E-state index in [4.69, 9.17) is 0 Å². The standard InChI is InChI=1S/C18H31N3/c1-3-17-9-6-14(2)21(17)12-10-15-5-4-11-18(15,13-19)20-16-7-8-16/h14-17,20H,3-12H2,1-2H3. The van der Waals surface area contributed by atoms with E-state index >= 15 is 0 Å². The number of hydrogen-bond acceptors (Lipinski definition) is 3. The van der Waals surface area contributed by atoms with Gasteiger partial charge < -0.3 is 0 Å². The van der Waals surface area contributed by atoms with Gasteiger partial charge in [0.05, 0.1) is 6.07 Å². The Bertz CT molecular complexity index is 398. The Balaban J connectivity index is 1.59. The van der Waals surface area contributed by atoms with Crippen molar-refractivity contribution >= 4 is 0 Å². The van der Waals surface area contributed by atoms with Crippen molar-refractivity contribution in [3.8, 4) is 6.07 Å². The molecular formula is C18H31N3. The van der Waals surface area contributed by atoms with Crippen LogP contribution in [-0.2, 0) is 0 Å². The van der Waals surface area contributed by atoms with Crippen LogP contribution in [0.15, 0.2) is 0 Å². The second-order valence-electron chi connectivity index (χ2n) is 7.61. The zero-order valence-electron chi connectivity index (χ0n) is 13.8. The fourth-order valence-corrected chi connectivity index (χ4v) is 4.70. The van der Waals surface area contributed by atoms with Crippen molar-refractivity contribution in [1.82, 2.24) is 10.2 Å². The maximum atomic E-state index is 9.78. The van der Waals surface area contributed by atoms with Crippen LogP contribution in [0, 0.1) is 17.2 Å². The molecule has 0 aromatic rings. The summed E-state index contributed by atoms with van der Waals surface area (Å²) in [6.45, 7) is 5.89. The molecule has 21 heavy (non-hydrogen) atoms. The summed E-state index contributed by atoms with van der Waals surface area (Å²) in [6.07, 6.45) is 11.3. The third-order valence-corrected chi connectivity index (χ3v) is 6.22. The van der Waals surface area contributed by atoms with E-state index in [9.17, 15) is 5.26 Å². The summed E-state index contributed by atoms with van der Waals surface area (Å²) in [5, 5.41) is 13.5. The molecule has 0 aromatic heterocycles. The van der Waals surface area contributed by atoms with Gasteiger partial charge in [0.15, 0.2) is 0 Å². The highest BCUT2D eigenvalue weighted by molar-refractivity contribution is 5.16. The fourth-order valence-electron chi connectivity index (χ4n) is 4.70. The molecule has 1 heterocycles. The average molecular weight is 289 g/mol. The molecule has 4 atom stereocenters. The molecular weight excluding hydrogens is 258 g/mol. The molecule has 0 aromatic carbocycles. The second-order valence-corrected chi connectivity index (χ2v) is 7.61. The Morgan fingerprint density at radius 2 is 2.05 bits per heavy atom. The van der Waals surface area contributed by atoms with Crippen LogP contribution in [0.5, 0.6) is 0 Å². The van der Waals surface area contributed by atoms with Crippen LogP contribution in [0.4, 0.5) is 0 Å². The minimum atomic E-state index is -0.203. The van der Waals surface area contributed by atoms with Gasteiger partial charge >= 0.3 is 0 Å². The van der Waals surface area contributed by atoms with Crippen molar-refractivity contribution < 1.29 is 0 Å². The zero-order chi connectivity index (χ0) is 14.9. The summed E-state index contributed by atoms with van der Waals surface area (Å²) in [5.74, 6) is 0.563. The molecule has 0 radical (unpaired) electrons. The normalized spacial score (nSPS) is 40.5. The van der Waals surface area contributed by atoms with Crippen molar-refractivity contribution in [3.63, 3.8) is 0 Å². The third kappa shape index (κ3) is 3.12. The molecule has 118 valence electrons. The molecule has 1 aliphatic heterocycles. The van der Waals surface area contributed by atoms with Crippen LogP contribution in [0.25, 0.3) is 0 Å². The fraction of sp³-hybridized carbons (Fsp3) is 0.944. The molecule has 2 aliphatic carbocycles. The first-order valence-corrected chi connectivity index (χ1v) is 9.13. The van der Waals surface area contributed by atoms with Crippen LogP contribution < -0.4 is 5.32 Å². The number of nitrogens with zero attached hydrogens (tertiary/aromatic N) is 2. The topological polar surface area (TPSA) is 39.1 Å². The van der Waals surface area contributed by atoms with E-state index in [2.05, 4.69) is 30.1 Å². The van der Waals surface area contributed by atoms with Gasteiger partial charge in [0.25, 0.3) is 0 Å². The lowest BCUT2D eigenvalue weighted by Gasteiger charge is -2.34. The highest BCUT2D eigenvalue weighted by Gasteiger charge is 2.46.